The molecule has 0 aliphatic carbocycles. The van der Waals surface area contributed by atoms with Gasteiger partial charge in [-0.05, 0) is 42.0 Å². The predicted octanol–water partition coefficient (Wildman–Crippen LogP) is 4.52. The molecule has 0 radical (unpaired) electrons. The van der Waals surface area contributed by atoms with Crippen LogP contribution < -0.4 is 4.72 Å². The van der Waals surface area contributed by atoms with Crippen molar-refractivity contribution in [1.29, 1.82) is 0 Å². The molecule has 0 aromatic heterocycles. The van der Waals surface area contributed by atoms with Crippen molar-refractivity contribution in [3.8, 4) is 0 Å². The Morgan fingerprint density at radius 2 is 1.80 bits per heavy atom. The van der Waals surface area contributed by atoms with Crippen molar-refractivity contribution in [3.63, 3.8) is 0 Å². The fraction of sp³-hybridized carbons (Fsp3) is 0. The van der Waals surface area contributed by atoms with E-state index in [1.165, 1.54) is 6.08 Å². The Labute approximate surface area is 131 Å². The molecule has 0 heterocycles. The summed E-state index contributed by atoms with van der Waals surface area (Å²) >= 11 is 9.05. The molecule has 0 saturated heterocycles. The topological polar surface area (TPSA) is 46.2 Å². The molecule has 0 spiro atoms. The Hall–Kier alpha value is -1.30. The minimum absolute atomic E-state index is 0.500. The van der Waals surface area contributed by atoms with E-state index in [1.54, 1.807) is 42.5 Å². The summed E-state index contributed by atoms with van der Waals surface area (Å²) in [6.07, 6.45) is 1.51. The van der Waals surface area contributed by atoms with Gasteiger partial charge < -0.3 is 0 Å². The molecule has 0 aliphatic heterocycles. The van der Waals surface area contributed by atoms with Gasteiger partial charge in [0.25, 0.3) is 10.0 Å². The molecule has 0 atom stereocenters. The number of nitrogens with one attached hydrogen (secondary N) is 1. The molecule has 0 aliphatic rings. The van der Waals surface area contributed by atoms with Crippen LogP contribution in [-0.2, 0) is 10.0 Å². The molecule has 0 saturated carbocycles. The molecule has 6 heteroatoms. The standard InChI is InChI=1S/C14H11BrClNO2S/c15-12-2-1-3-14(10-12)17-20(18,19)9-8-11-4-6-13(16)7-5-11/h1-10,17H/b9-8+. The maximum absolute atomic E-state index is 11.9. The molecule has 20 heavy (non-hydrogen) atoms. The number of benzene rings is 2. The Morgan fingerprint density at radius 1 is 1.10 bits per heavy atom. The van der Waals surface area contributed by atoms with Crippen LogP contribution in [0.5, 0.6) is 0 Å². The molecule has 0 bridgehead atoms. The molecule has 2 rings (SSSR count). The monoisotopic (exact) mass is 371 g/mol. The van der Waals surface area contributed by atoms with Gasteiger partial charge in [0.05, 0.1) is 5.41 Å². The summed E-state index contributed by atoms with van der Waals surface area (Å²) in [5.41, 5.74) is 1.26. The summed E-state index contributed by atoms with van der Waals surface area (Å²) in [6.45, 7) is 0. The second-order valence-corrected chi connectivity index (χ2v) is 6.93. The van der Waals surface area contributed by atoms with E-state index in [9.17, 15) is 8.42 Å². The average molecular weight is 373 g/mol. The maximum Gasteiger partial charge on any atom is 0.255 e. The molecular weight excluding hydrogens is 362 g/mol. The number of rotatable bonds is 4. The van der Waals surface area contributed by atoms with E-state index < -0.39 is 10.0 Å². The van der Waals surface area contributed by atoms with E-state index in [0.29, 0.717) is 10.7 Å². The molecule has 2 aromatic rings. The Morgan fingerprint density at radius 3 is 2.45 bits per heavy atom. The van der Waals surface area contributed by atoms with Gasteiger partial charge in [-0.2, -0.15) is 0 Å². The minimum atomic E-state index is -3.54. The van der Waals surface area contributed by atoms with E-state index in [-0.39, 0.29) is 0 Å². The smallest absolute Gasteiger partial charge is 0.255 e. The van der Waals surface area contributed by atoms with Gasteiger partial charge in [-0.1, -0.05) is 45.7 Å². The number of anilines is 1. The Kier molecular flexibility index (Phi) is 4.86. The lowest BCUT2D eigenvalue weighted by atomic mass is 10.2. The van der Waals surface area contributed by atoms with Crippen LogP contribution in [-0.4, -0.2) is 8.42 Å². The first-order chi connectivity index (χ1) is 9.44. The molecular formula is C14H11BrClNO2S. The highest BCUT2D eigenvalue weighted by molar-refractivity contribution is 9.10. The van der Waals surface area contributed by atoms with Crippen LogP contribution in [0.15, 0.2) is 58.4 Å². The van der Waals surface area contributed by atoms with Crippen LogP contribution in [0, 0.1) is 0 Å². The third kappa shape index (κ3) is 4.67. The normalized spacial score (nSPS) is 11.7. The molecule has 0 unspecified atom stereocenters. The summed E-state index contributed by atoms with van der Waals surface area (Å²) in [5.74, 6) is 0. The predicted molar refractivity (Wildman–Crippen MR) is 87.2 cm³/mol. The van der Waals surface area contributed by atoms with Gasteiger partial charge in [0.1, 0.15) is 0 Å². The first-order valence-corrected chi connectivity index (χ1v) is 8.38. The summed E-state index contributed by atoms with van der Waals surface area (Å²) in [6, 6.07) is 13.8. The molecule has 2 aromatic carbocycles. The van der Waals surface area contributed by atoms with E-state index in [1.807, 2.05) is 6.07 Å². The molecule has 0 fully saturated rings. The van der Waals surface area contributed by atoms with E-state index in [2.05, 4.69) is 20.7 Å². The fourth-order valence-electron chi connectivity index (χ4n) is 1.49. The van der Waals surface area contributed by atoms with Crippen molar-refractivity contribution in [2.75, 3.05) is 4.72 Å². The van der Waals surface area contributed by atoms with Crippen LogP contribution in [0.1, 0.15) is 5.56 Å². The number of halogens is 2. The van der Waals surface area contributed by atoms with Gasteiger partial charge in [0, 0.05) is 15.2 Å². The lowest BCUT2D eigenvalue weighted by Gasteiger charge is -2.04. The van der Waals surface area contributed by atoms with E-state index in [0.717, 1.165) is 15.4 Å². The van der Waals surface area contributed by atoms with Gasteiger partial charge in [-0.3, -0.25) is 4.72 Å². The summed E-state index contributed by atoms with van der Waals surface area (Å²) in [4.78, 5) is 0. The minimum Gasteiger partial charge on any atom is -0.280 e. The fourth-order valence-corrected chi connectivity index (χ4v) is 2.88. The van der Waals surface area contributed by atoms with Crippen molar-refractivity contribution in [1.82, 2.24) is 0 Å². The van der Waals surface area contributed by atoms with Crippen molar-refractivity contribution in [2.45, 2.75) is 0 Å². The second-order valence-electron chi connectivity index (χ2n) is 4.01. The second kappa shape index (κ2) is 6.43. The highest BCUT2D eigenvalue weighted by Crippen LogP contribution is 2.17. The first-order valence-electron chi connectivity index (χ1n) is 5.67. The van der Waals surface area contributed by atoms with Crippen LogP contribution in [0.4, 0.5) is 5.69 Å². The van der Waals surface area contributed by atoms with Crippen LogP contribution in [0.2, 0.25) is 5.02 Å². The lowest BCUT2D eigenvalue weighted by molar-refractivity contribution is 0.609. The Balaban J connectivity index is 2.13. The summed E-state index contributed by atoms with van der Waals surface area (Å²) in [5, 5.41) is 1.73. The van der Waals surface area contributed by atoms with E-state index >= 15 is 0 Å². The van der Waals surface area contributed by atoms with Crippen molar-refractivity contribution in [3.05, 3.63) is 69.0 Å². The highest BCUT2D eigenvalue weighted by Gasteiger charge is 2.05. The van der Waals surface area contributed by atoms with Crippen molar-refractivity contribution >= 4 is 49.3 Å². The number of hydrogen-bond donors (Lipinski definition) is 1. The van der Waals surface area contributed by atoms with Crippen LogP contribution in [0.3, 0.4) is 0 Å². The van der Waals surface area contributed by atoms with Crippen molar-refractivity contribution in [2.24, 2.45) is 0 Å². The lowest BCUT2D eigenvalue weighted by Crippen LogP contribution is -2.08. The quantitative estimate of drug-likeness (QED) is 0.858. The Bertz CT molecular complexity index is 727. The number of sulfonamides is 1. The summed E-state index contributed by atoms with van der Waals surface area (Å²) in [7, 11) is -3.54. The summed E-state index contributed by atoms with van der Waals surface area (Å²) < 4.78 is 27.1. The maximum atomic E-state index is 11.9. The first kappa shape index (κ1) is 15.1. The van der Waals surface area contributed by atoms with Gasteiger partial charge in [-0.25, -0.2) is 8.42 Å². The molecule has 104 valence electrons. The molecule has 1 N–H and O–H groups in total. The molecule has 3 nitrogen and oxygen atoms in total. The zero-order chi connectivity index (χ0) is 14.6. The molecule has 0 amide bonds. The van der Waals surface area contributed by atoms with Crippen LogP contribution >= 0.6 is 27.5 Å². The number of hydrogen-bond acceptors (Lipinski definition) is 2. The van der Waals surface area contributed by atoms with Crippen LogP contribution in [0.25, 0.3) is 6.08 Å². The zero-order valence-electron chi connectivity index (χ0n) is 10.3. The van der Waals surface area contributed by atoms with Gasteiger partial charge >= 0.3 is 0 Å². The average Bonchev–Trinajstić information content (AvgIpc) is 2.37. The SMILES string of the molecule is O=S(=O)(/C=C/c1ccc(Cl)cc1)Nc1cccc(Br)c1. The largest absolute Gasteiger partial charge is 0.280 e. The zero-order valence-corrected chi connectivity index (χ0v) is 13.4. The van der Waals surface area contributed by atoms with Gasteiger partial charge in [0.2, 0.25) is 0 Å². The van der Waals surface area contributed by atoms with Crippen molar-refractivity contribution < 1.29 is 8.42 Å². The third-order valence-electron chi connectivity index (χ3n) is 2.39. The van der Waals surface area contributed by atoms with E-state index in [4.69, 9.17) is 11.6 Å². The third-order valence-corrected chi connectivity index (χ3v) is 4.15. The van der Waals surface area contributed by atoms with Gasteiger partial charge in [-0.15, -0.1) is 0 Å². The van der Waals surface area contributed by atoms with Gasteiger partial charge in [0.15, 0.2) is 0 Å². The highest BCUT2D eigenvalue weighted by atomic mass is 79.9.